The highest BCUT2D eigenvalue weighted by Gasteiger charge is 2.39. The second-order valence-corrected chi connectivity index (χ2v) is 5.35. The van der Waals surface area contributed by atoms with Crippen molar-refractivity contribution in [2.45, 2.75) is 44.9 Å². The van der Waals surface area contributed by atoms with Gasteiger partial charge in [-0.15, -0.1) is 0 Å². The molecule has 0 unspecified atom stereocenters. The highest BCUT2D eigenvalue weighted by Crippen LogP contribution is 2.35. The van der Waals surface area contributed by atoms with E-state index < -0.39 is 17.8 Å². The molecule has 1 aliphatic rings. The molecule has 2 N–H and O–H groups in total. The van der Waals surface area contributed by atoms with E-state index in [1.54, 1.807) is 0 Å². The van der Waals surface area contributed by atoms with Gasteiger partial charge in [0.2, 0.25) is 5.91 Å². The molecule has 0 bridgehead atoms. The van der Waals surface area contributed by atoms with Crippen molar-refractivity contribution in [2.24, 2.45) is 0 Å². The molecule has 0 saturated heterocycles. The highest BCUT2D eigenvalue weighted by molar-refractivity contribution is 5.75. The number of aromatic amines is 1. The Kier molecular flexibility index (Phi) is 4.05. The Morgan fingerprint density at radius 2 is 2.13 bits per heavy atom. The first-order chi connectivity index (χ1) is 10.9. The van der Waals surface area contributed by atoms with Crippen LogP contribution < -0.4 is 5.32 Å². The number of alkyl halides is 3. The van der Waals surface area contributed by atoms with Crippen LogP contribution in [-0.4, -0.2) is 30.9 Å². The van der Waals surface area contributed by atoms with Gasteiger partial charge in [0.25, 0.3) is 0 Å². The van der Waals surface area contributed by atoms with E-state index in [9.17, 15) is 18.0 Å². The first kappa shape index (κ1) is 15.5. The molecule has 2 aromatic rings. The summed E-state index contributed by atoms with van der Waals surface area (Å²) < 4.78 is 40.4. The van der Waals surface area contributed by atoms with E-state index in [2.05, 4.69) is 25.6 Å². The van der Waals surface area contributed by atoms with Crippen LogP contribution in [0.3, 0.4) is 0 Å². The van der Waals surface area contributed by atoms with Crippen molar-refractivity contribution < 1.29 is 18.0 Å². The van der Waals surface area contributed by atoms with Crippen molar-refractivity contribution in [3.05, 3.63) is 29.1 Å². The second kappa shape index (κ2) is 6.01. The highest BCUT2D eigenvalue weighted by atomic mass is 19.4. The molecule has 3 rings (SSSR count). The summed E-state index contributed by atoms with van der Waals surface area (Å²) in [5.74, 6) is 0.0443. The lowest BCUT2D eigenvalue weighted by atomic mass is 9.95. The molecule has 0 aliphatic heterocycles. The lowest BCUT2D eigenvalue weighted by molar-refractivity contribution is -0.142. The third kappa shape index (κ3) is 3.35. The van der Waals surface area contributed by atoms with Gasteiger partial charge >= 0.3 is 6.18 Å². The zero-order chi connectivity index (χ0) is 16.4. The first-order valence-corrected chi connectivity index (χ1v) is 7.22. The fourth-order valence-electron chi connectivity index (χ4n) is 2.72. The number of hydrogen-bond acceptors (Lipinski definition) is 4. The van der Waals surface area contributed by atoms with Crippen LogP contribution in [0.15, 0.2) is 6.33 Å². The number of halogens is 3. The molecule has 0 fully saturated rings. The lowest BCUT2D eigenvalue weighted by Crippen LogP contribution is -2.29. The molecule has 0 saturated carbocycles. The molecule has 7 nitrogen and oxygen atoms in total. The number of H-pyrrole nitrogens is 1. The van der Waals surface area contributed by atoms with Crippen LogP contribution in [0.2, 0.25) is 0 Å². The lowest BCUT2D eigenvalue weighted by Gasteiger charge is -2.14. The molecule has 2 aromatic heterocycles. The van der Waals surface area contributed by atoms with Crippen LogP contribution in [0.5, 0.6) is 0 Å². The third-order valence-electron chi connectivity index (χ3n) is 3.74. The van der Waals surface area contributed by atoms with E-state index in [-0.39, 0.29) is 18.7 Å². The number of nitrogens with one attached hydrogen (secondary N) is 2. The minimum atomic E-state index is -4.50. The van der Waals surface area contributed by atoms with Gasteiger partial charge < -0.3 is 5.32 Å². The number of amides is 1. The smallest absolute Gasteiger partial charge is 0.347 e. The average Bonchev–Trinajstić information content (AvgIpc) is 3.13. The maximum atomic E-state index is 13.1. The quantitative estimate of drug-likeness (QED) is 0.883. The first-order valence-electron chi connectivity index (χ1n) is 7.22. The predicted octanol–water partition coefficient (Wildman–Crippen LogP) is 1.22. The van der Waals surface area contributed by atoms with Crippen molar-refractivity contribution in [2.75, 3.05) is 0 Å². The van der Waals surface area contributed by atoms with Crippen molar-refractivity contribution in [1.82, 2.24) is 30.3 Å². The minimum Gasteiger partial charge on any atom is -0.347 e. The molecular formula is C13H15F3N6O. The number of carbonyl (C=O) groups is 1. The van der Waals surface area contributed by atoms with Crippen LogP contribution in [0.25, 0.3) is 0 Å². The van der Waals surface area contributed by atoms with Gasteiger partial charge in [-0.05, 0) is 25.7 Å². The van der Waals surface area contributed by atoms with Gasteiger partial charge in [-0.1, -0.05) is 0 Å². The number of nitrogens with zero attached hydrogens (tertiary/aromatic N) is 4. The summed E-state index contributed by atoms with van der Waals surface area (Å²) in [6.45, 7) is -0.110. The van der Waals surface area contributed by atoms with Gasteiger partial charge in [0, 0.05) is 11.3 Å². The maximum Gasteiger partial charge on any atom is 0.435 e. The Morgan fingerprint density at radius 3 is 2.83 bits per heavy atom. The number of aromatic nitrogens is 5. The Hall–Kier alpha value is -2.39. The van der Waals surface area contributed by atoms with Crippen LogP contribution >= 0.6 is 0 Å². The predicted molar refractivity (Wildman–Crippen MR) is 72.1 cm³/mol. The number of carbonyl (C=O) groups excluding carboxylic acids is 1. The molecule has 0 radical (unpaired) electrons. The van der Waals surface area contributed by atoms with E-state index >= 15 is 0 Å². The van der Waals surface area contributed by atoms with E-state index in [1.165, 1.54) is 11.0 Å². The van der Waals surface area contributed by atoms with Crippen molar-refractivity contribution in [1.29, 1.82) is 0 Å². The third-order valence-corrected chi connectivity index (χ3v) is 3.74. The Bertz CT molecular complexity index is 691. The average molecular weight is 328 g/mol. The van der Waals surface area contributed by atoms with Gasteiger partial charge in [0.1, 0.15) is 18.7 Å². The Morgan fingerprint density at radius 1 is 1.35 bits per heavy atom. The summed E-state index contributed by atoms with van der Waals surface area (Å²) in [6.07, 6.45) is -0.823. The topological polar surface area (TPSA) is 88.5 Å². The zero-order valence-electron chi connectivity index (χ0n) is 12.2. The standard InChI is InChI=1S/C13H15F3N6O/c14-13(15,16)12-8-3-1-2-4-9(8)22(21-12)6-11(23)17-5-10-18-7-19-20-10/h7H,1-6H2,(H,17,23)(H,18,19,20). The Balaban J connectivity index is 1.74. The molecule has 10 heteroatoms. The molecule has 1 amide bonds. The van der Waals surface area contributed by atoms with Gasteiger partial charge in [-0.25, -0.2) is 4.98 Å². The van der Waals surface area contributed by atoms with Gasteiger partial charge in [-0.2, -0.15) is 23.4 Å². The van der Waals surface area contributed by atoms with Gasteiger partial charge in [-0.3, -0.25) is 14.6 Å². The van der Waals surface area contributed by atoms with Crippen molar-refractivity contribution in [3.63, 3.8) is 0 Å². The Labute approximate surface area is 129 Å². The van der Waals surface area contributed by atoms with Crippen LogP contribution in [-0.2, 0) is 36.9 Å². The summed E-state index contributed by atoms with van der Waals surface area (Å²) in [6, 6.07) is 0. The van der Waals surface area contributed by atoms with E-state index in [0.29, 0.717) is 30.8 Å². The summed E-state index contributed by atoms with van der Waals surface area (Å²) >= 11 is 0. The molecule has 0 spiro atoms. The van der Waals surface area contributed by atoms with Crippen LogP contribution in [0.4, 0.5) is 13.2 Å². The van der Waals surface area contributed by atoms with E-state index in [1.807, 2.05) is 0 Å². The largest absolute Gasteiger partial charge is 0.435 e. The molecule has 1 aliphatic carbocycles. The molecule has 0 atom stereocenters. The molecule has 124 valence electrons. The number of rotatable bonds is 4. The summed E-state index contributed by atoms with van der Waals surface area (Å²) in [5.41, 5.74) is -0.125. The SMILES string of the molecule is O=C(Cn1nc(C(F)(F)F)c2c1CCCC2)NCc1ncn[nH]1. The fraction of sp³-hybridized carbons (Fsp3) is 0.538. The number of hydrogen-bond donors (Lipinski definition) is 2. The normalized spacial score (nSPS) is 14.6. The summed E-state index contributed by atoms with van der Waals surface area (Å²) in [7, 11) is 0. The van der Waals surface area contributed by atoms with Gasteiger partial charge in [0.05, 0.1) is 6.54 Å². The maximum absolute atomic E-state index is 13.1. The van der Waals surface area contributed by atoms with Crippen LogP contribution in [0, 0.1) is 0 Å². The molecule has 0 aromatic carbocycles. The van der Waals surface area contributed by atoms with Crippen molar-refractivity contribution >= 4 is 5.91 Å². The summed E-state index contributed by atoms with van der Waals surface area (Å²) in [4.78, 5) is 15.8. The van der Waals surface area contributed by atoms with Crippen molar-refractivity contribution in [3.8, 4) is 0 Å². The van der Waals surface area contributed by atoms with E-state index in [0.717, 1.165) is 6.42 Å². The monoisotopic (exact) mass is 328 g/mol. The van der Waals surface area contributed by atoms with E-state index in [4.69, 9.17) is 0 Å². The van der Waals surface area contributed by atoms with Crippen LogP contribution in [0.1, 0.15) is 35.6 Å². The molecular weight excluding hydrogens is 313 g/mol. The minimum absolute atomic E-state index is 0.133. The zero-order valence-corrected chi connectivity index (χ0v) is 12.2. The molecule has 2 heterocycles. The van der Waals surface area contributed by atoms with Gasteiger partial charge in [0.15, 0.2) is 5.69 Å². The second-order valence-electron chi connectivity index (χ2n) is 5.35. The molecule has 23 heavy (non-hydrogen) atoms. The number of fused-ring (bicyclic) bond motifs is 1. The summed E-state index contributed by atoms with van der Waals surface area (Å²) in [5, 5.41) is 12.4. The fourth-order valence-corrected chi connectivity index (χ4v) is 2.72.